The Bertz CT molecular complexity index is 1720. The third kappa shape index (κ3) is 11.1. The van der Waals surface area contributed by atoms with Crippen LogP contribution in [0.3, 0.4) is 0 Å². The highest BCUT2D eigenvalue weighted by molar-refractivity contribution is 5.77. The average molecular weight is 953 g/mol. The van der Waals surface area contributed by atoms with E-state index >= 15 is 0 Å². The molecular formula is C58H96O10. The predicted octanol–water partition coefficient (Wildman–Crippen LogP) is 11.2. The average Bonchev–Trinajstić information content (AvgIpc) is 4.10. The molecule has 16 aliphatic rings. The Morgan fingerprint density at radius 1 is 0.647 bits per heavy atom. The van der Waals surface area contributed by atoms with Gasteiger partial charge in [-0.15, -0.1) is 0 Å². The van der Waals surface area contributed by atoms with Gasteiger partial charge < -0.3 is 34.3 Å². The quantitative estimate of drug-likeness (QED) is 0.171. The molecule has 12 saturated carbocycles. The third-order valence-electron chi connectivity index (χ3n) is 21.5. The van der Waals surface area contributed by atoms with Crippen molar-refractivity contribution >= 4 is 17.9 Å². The van der Waals surface area contributed by atoms with Crippen LogP contribution in [0.2, 0.25) is 0 Å². The van der Waals surface area contributed by atoms with E-state index in [1.807, 2.05) is 13.8 Å². The number of ether oxygens (including phenoxy) is 4. The lowest BCUT2D eigenvalue weighted by Gasteiger charge is -2.62. The van der Waals surface area contributed by atoms with Gasteiger partial charge in [-0.3, -0.25) is 14.4 Å². The Labute approximate surface area is 411 Å². The maximum Gasteiger partial charge on any atom is 0.309 e. The first-order chi connectivity index (χ1) is 31.8. The molecule has 10 nitrogen and oxygen atoms in total. The summed E-state index contributed by atoms with van der Waals surface area (Å²) < 4.78 is 19.8. The maximum absolute atomic E-state index is 11.3. The Morgan fingerprint density at radius 2 is 1.28 bits per heavy atom. The van der Waals surface area contributed by atoms with Crippen molar-refractivity contribution in [3.63, 3.8) is 0 Å². The first kappa shape index (κ1) is 52.6. The minimum atomic E-state index is -0.525. The van der Waals surface area contributed by atoms with Crippen LogP contribution < -0.4 is 0 Å². The van der Waals surface area contributed by atoms with Crippen LogP contribution in [0.4, 0.5) is 0 Å². The first-order valence-corrected chi connectivity index (χ1v) is 28.1. The van der Waals surface area contributed by atoms with Gasteiger partial charge in [0.15, 0.2) is 0 Å². The Hall–Kier alpha value is -1.75. The predicted molar refractivity (Wildman–Crippen MR) is 263 cm³/mol. The molecule has 0 spiro atoms. The standard InChI is InChI=1S/C11H18O2.C11H18O.C11H20.C9H12O2.C6H12O.2C5H8O2/c1-9-2-8-3-10(12,5-9)7-11(13,4-8)6-9;1-10-3-8-2-9(4-10)6-11(12,5-8)7-10;1-8-7-9-5-6-11(8,4)10(9,2)3;1-4-5-2-6-7(3-5)11-9(10)8(4)6;1-2-6-4-3-5-7-6;1-4-2-5(6)7-3-4;1-4-2-3-7-5(4)6/h8,12-13H,2-7H2,1H3;8-9,12H,2-7H2,1H3;8-9H,5-7H2,1-4H3;4-8H,2-3H2,1H3;6H,2-5H2,1H3;2*4H,2-3H2,1H3. The monoisotopic (exact) mass is 953 g/mol. The van der Waals surface area contributed by atoms with Crippen LogP contribution in [0.25, 0.3) is 0 Å². The molecular weight excluding hydrogens is 857 g/mol. The van der Waals surface area contributed by atoms with Crippen molar-refractivity contribution in [1.82, 2.24) is 0 Å². The van der Waals surface area contributed by atoms with Crippen LogP contribution in [0.1, 0.15) is 210 Å². The van der Waals surface area contributed by atoms with Crippen molar-refractivity contribution in [3.05, 3.63) is 0 Å². The Morgan fingerprint density at radius 3 is 1.62 bits per heavy atom. The van der Waals surface area contributed by atoms with Gasteiger partial charge in [0.05, 0.1) is 54.4 Å². The zero-order chi connectivity index (χ0) is 49.2. The normalized spacial score (nSPS) is 51.0. The molecule has 68 heavy (non-hydrogen) atoms. The lowest BCUT2D eigenvalue weighted by molar-refractivity contribution is -0.225. The number of aliphatic hydroxyl groups is 3. The van der Waals surface area contributed by atoms with E-state index in [4.69, 9.17) is 9.47 Å². The maximum atomic E-state index is 11.3. The molecule has 0 aromatic rings. The number of fused-ring (bicyclic) bond motifs is 3. The smallest absolute Gasteiger partial charge is 0.309 e. The van der Waals surface area contributed by atoms with Crippen LogP contribution >= 0.6 is 0 Å². The van der Waals surface area contributed by atoms with Crippen LogP contribution in [-0.4, -0.2) is 82.1 Å². The molecule has 12 bridgehead atoms. The summed E-state index contributed by atoms with van der Waals surface area (Å²) in [6, 6.07) is 0. The van der Waals surface area contributed by atoms with Gasteiger partial charge in [0.1, 0.15) is 6.10 Å². The molecule has 4 aliphatic heterocycles. The number of hydrogen-bond donors (Lipinski definition) is 3. The second kappa shape index (κ2) is 19.6. The SMILES string of the molecule is CC12CC3CC(C1)CC(O)(C3)C2.CC12CC3CC(O)(C1)CC(O)(C3)C2.CC1C2CC3OC(=O)C1C3C2.CC1CC2CCC1(C)C2(C)C.CC1CCOC1=O.CC1COC(=O)C1.CCC1CCCO1. The highest BCUT2D eigenvalue weighted by Gasteiger charge is 2.62. The zero-order valence-corrected chi connectivity index (χ0v) is 44.4. The lowest BCUT2D eigenvalue weighted by atomic mass is 9.47. The summed E-state index contributed by atoms with van der Waals surface area (Å²) >= 11 is 0. The number of esters is 3. The number of cyclic esters (lactones) is 2. The second-order valence-electron chi connectivity index (χ2n) is 27.9. The fourth-order valence-corrected chi connectivity index (χ4v) is 18.6. The van der Waals surface area contributed by atoms with Crippen molar-refractivity contribution in [1.29, 1.82) is 0 Å². The summed E-state index contributed by atoms with van der Waals surface area (Å²) in [5.41, 5.74) is 0.747. The van der Waals surface area contributed by atoms with Gasteiger partial charge in [-0.2, -0.15) is 0 Å². The molecule has 0 radical (unpaired) electrons. The van der Waals surface area contributed by atoms with Gasteiger partial charge in [-0.05, 0) is 192 Å². The van der Waals surface area contributed by atoms with Gasteiger partial charge in [0.25, 0.3) is 0 Å². The first-order valence-electron chi connectivity index (χ1n) is 28.1. The van der Waals surface area contributed by atoms with E-state index in [1.54, 1.807) is 0 Å². The van der Waals surface area contributed by atoms with Gasteiger partial charge in [0, 0.05) is 24.9 Å². The summed E-state index contributed by atoms with van der Waals surface area (Å²) in [5.74, 6) is 7.18. The summed E-state index contributed by atoms with van der Waals surface area (Å²) in [4.78, 5) is 31.9. The molecule has 16 rings (SSSR count). The molecule has 15 unspecified atom stereocenters. The van der Waals surface area contributed by atoms with E-state index < -0.39 is 11.2 Å². The van der Waals surface area contributed by atoms with Crippen LogP contribution in [0.5, 0.6) is 0 Å². The molecule has 4 saturated heterocycles. The molecule has 15 atom stereocenters. The highest BCUT2D eigenvalue weighted by Crippen LogP contribution is 2.68. The van der Waals surface area contributed by atoms with E-state index in [1.165, 1.54) is 70.6 Å². The molecule has 10 heteroatoms. The van der Waals surface area contributed by atoms with Crippen molar-refractivity contribution in [2.75, 3.05) is 19.8 Å². The molecule has 0 aromatic heterocycles. The summed E-state index contributed by atoms with van der Waals surface area (Å²) in [5, 5.41) is 30.8. The zero-order valence-electron chi connectivity index (χ0n) is 44.4. The molecule has 0 amide bonds. The van der Waals surface area contributed by atoms with E-state index in [0.29, 0.717) is 78.2 Å². The van der Waals surface area contributed by atoms with E-state index in [2.05, 4.69) is 64.9 Å². The van der Waals surface area contributed by atoms with Gasteiger partial charge in [0.2, 0.25) is 0 Å². The molecule has 388 valence electrons. The minimum absolute atomic E-state index is 0.0417. The second-order valence-corrected chi connectivity index (χ2v) is 27.9. The molecule has 12 aliphatic carbocycles. The van der Waals surface area contributed by atoms with Gasteiger partial charge in [-0.25, -0.2) is 0 Å². The summed E-state index contributed by atoms with van der Waals surface area (Å²) in [7, 11) is 0. The molecule has 3 N–H and O–H groups in total. The van der Waals surface area contributed by atoms with Crippen molar-refractivity contribution in [2.24, 2.45) is 86.8 Å². The lowest BCUT2D eigenvalue weighted by Crippen LogP contribution is -2.62. The van der Waals surface area contributed by atoms with E-state index in [-0.39, 0.29) is 40.8 Å². The Kier molecular flexibility index (Phi) is 15.1. The topological polar surface area (TPSA) is 149 Å². The Balaban J connectivity index is 0.000000109. The van der Waals surface area contributed by atoms with Gasteiger partial charge in [-0.1, -0.05) is 69.2 Å². The molecule has 4 heterocycles. The van der Waals surface area contributed by atoms with Crippen LogP contribution in [0, 0.1) is 86.8 Å². The minimum Gasteiger partial charge on any atom is -0.465 e. The van der Waals surface area contributed by atoms with E-state index in [0.717, 1.165) is 94.0 Å². The van der Waals surface area contributed by atoms with E-state index in [9.17, 15) is 29.7 Å². The fourth-order valence-electron chi connectivity index (χ4n) is 18.6. The van der Waals surface area contributed by atoms with Crippen molar-refractivity contribution in [2.45, 2.75) is 240 Å². The van der Waals surface area contributed by atoms with Gasteiger partial charge >= 0.3 is 17.9 Å². The summed E-state index contributed by atoms with van der Waals surface area (Å²) in [6.07, 6.45) is 26.1. The largest absolute Gasteiger partial charge is 0.465 e. The highest BCUT2D eigenvalue weighted by atomic mass is 16.6. The summed E-state index contributed by atoms with van der Waals surface area (Å²) in [6.45, 7) is 25.0. The fraction of sp³-hybridized carbons (Fsp3) is 0.948. The van der Waals surface area contributed by atoms with Crippen LogP contribution in [0.15, 0.2) is 0 Å². The van der Waals surface area contributed by atoms with Crippen molar-refractivity contribution in [3.8, 4) is 0 Å². The molecule has 0 aromatic carbocycles. The third-order valence-corrected chi connectivity index (χ3v) is 21.5. The number of rotatable bonds is 1. The van der Waals surface area contributed by atoms with Crippen molar-refractivity contribution < 1.29 is 48.7 Å². The number of hydrogen-bond acceptors (Lipinski definition) is 10. The number of carbonyl (C=O) groups is 3. The van der Waals surface area contributed by atoms with Crippen LogP contribution in [-0.2, 0) is 33.3 Å². The number of carbonyl (C=O) groups excluding carboxylic acids is 3. The molecule has 16 fully saturated rings.